The molecule has 78 valence electrons. The van der Waals surface area contributed by atoms with Crippen LogP contribution in [0.5, 0.6) is 5.75 Å². The minimum Gasteiger partial charge on any atom is -0.496 e. The van der Waals surface area contributed by atoms with Crippen molar-refractivity contribution >= 4 is 0 Å². The average molecular weight is 195 g/mol. The molecular weight excluding hydrogens is 178 g/mol. The number of para-hydroxylation sites is 1. The third kappa shape index (κ3) is 2.72. The molecule has 0 aliphatic carbocycles. The number of ether oxygens (including phenoxy) is 2. The fraction of sp³-hybridized carbons (Fsp3) is 0.455. The van der Waals surface area contributed by atoms with Crippen LogP contribution in [0.3, 0.4) is 0 Å². The van der Waals surface area contributed by atoms with Crippen molar-refractivity contribution in [3.63, 3.8) is 0 Å². The molecule has 1 aromatic carbocycles. The summed E-state index contributed by atoms with van der Waals surface area (Å²) in [5.41, 5.74) is 7.03. The minimum atomic E-state index is -0.0221. The monoisotopic (exact) mass is 195 g/mol. The van der Waals surface area contributed by atoms with Gasteiger partial charge in [0.1, 0.15) is 5.75 Å². The lowest BCUT2D eigenvalue weighted by Crippen LogP contribution is -2.13. The molecule has 0 fully saturated rings. The lowest BCUT2D eigenvalue weighted by Gasteiger charge is -2.14. The molecular formula is C11H17NO2. The van der Waals surface area contributed by atoms with Gasteiger partial charge in [-0.2, -0.15) is 0 Å². The third-order valence-corrected chi connectivity index (χ3v) is 2.17. The molecule has 0 aromatic heterocycles. The molecule has 1 aromatic rings. The summed E-state index contributed by atoms with van der Waals surface area (Å²) < 4.78 is 10.2. The fourth-order valence-corrected chi connectivity index (χ4v) is 1.37. The Morgan fingerprint density at radius 2 is 2.00 bits per heavy atom. The Kier molecular flexibility index (Phi) is 4.43. The van der Waals surface area contributed by atoms with Gasteiger partial charge in [-0.05, 0) is 12.5 Å². The molecule has 1 rings (SSSR count). The van der Waals surface area contributed by atoms with Crippen molar-refractivity contribution in [3.8, 4) is 5.75 Å². The normalized spacial score (nSPS) is 12.5. The van der Waals surface area contributed by atoms with E-state index in [1.54, 1.807) is 14.2 Å². The van der Waals surface area contributed by atoms with Crippen molar-refractivity contribution in [1.29, 1.82) is 0 Å². The molecule has 1 atom stereocenters. The lowest BCUT2D eigenvalue weighted by atomic mass is 10.0. The number of methoxy groups -OCH3 is 2. The maximum absolute atomic E-state index is 6.00. The van der Waals surface area contributed by atoms with Crippen LogP contribution < -0.4 is 10.5 Å². The molecule has 0 radical (unpaired) electrons. The highest BCUT2D eigenvalue weighted by Crippen LogP contribution is 2.24. The van der Waals surface area contributed by atoms with Crippen LogP contribution in [0, 0.1) is 0 Å². The Bertz CT molecular complexity index is 276. The maximum atomic E-state index is 6.00. The first-order valence-electron chi connectivity index (χ1n) is 4.67. The van der Waals surface area contributed by atoms with Gasteiger partial charge in [-0.15, -0.1) is 0 Å². The van der Waals surface area contributed by atoms with Gasteiger partial charge in [0.25, 0.3) is 0 Å². The number of benzene rings is 1. The van der Waals surface area contributed by atoms with E-state index >= 15 is 0 Å². The predicted octanol–water partition coefficient (Wildman–Crippen LogP) is 1.73. The second-order valence-corrected chi connectivity index (χ2v) is 3.13. The van der Waals surface area contributed by atoms with Crippen molar-refractivity contribution in [1.82, 2.24) is 0 Å². The second kappa shape index (κ2) is 5.62. The van der Waals surface area contributed by atoms with E-state index in [2.05, 4.69) is 0 Å². The summed E-state index contributed by atoms with van der Waals surface area (Å²) in [4.78, 5) is 0. The summed E-state index contributed by atoms with van der Waals surface area (Å²) >= 11 is 0. The van der Waals surface area contributed by atoms with Crippen molar-refractivity contribution in [3.05, 3.63) is 29.8 Å². The molecule has 14 heavy (non-hydrogen) atoms. The zero-order valence-electron chi connectivity index (χ0n) is 8.69. The number of rotatable bonds is 5. The number of hydrogen-bond donors (Lipinski definition) is 1. The van der Waals surface area contributed by atoms with E-state index in [-0.39, 0.29) is 6.04 Å². The summed E-state index contributed by atoms with van der Waals surface area (Å²) in [6.45, 7) is 0.666. The standard InChI is InChI=1S/C11H17NO2/c1-13-8-7-10(12)9-5-3-4-6-11(9)14-2/h3-6,10H,7-8,12H2,1-2H3. The predicted molar refractivity (Wildman–Crippen MR) is 56.4 cm³/mol. The van der Waals surface area contributed by atoms with Gasteiger partial charge in [0, 0.05) is 25.3 Å². The maximum Gasteiger partial charge on any atom is 0.123 e. The van der Waals surface area contributed by atoms with Gasteiger partial charge in [-0.1, -0.05) is 18.2 Å². The summed E-state index contributed by atoms with van der Waals surface area (Å²) in [5, 5.41) is 0. The third-order valence-electron chi connectivity index (χ3n) is 2.17. The van der Waals surface area contributed by atoms with E-state index in [0.29, 0.717) is 6.61 Å². The Balaban J connectivity index is 2.72. The first-order chi connectivity index (χ1) is 6.79. The molecule has 0 spiro atoms. The summed E-state index contributed by atoms with van der Waals surface area (Å²) in [6.07, 6.45) is 0.802. The Morgan fingerprint density at radius 3 is 2.64 bits per heavy atom. The topological polar surface area (TPSA) is 44.5 Å². The molecule has 3 heteroatoms. The van der Waals surface area contributed by atoms with E-state index in [0.717, 1.165) is 17.7 Å². The average Bonchev–Trinajstić information content (AvgIpc) is 2.25. The SMILES string of the molecule is COCCC(N)c1ccccc1OC. The van der Waals surface area contributed by atoms with Gasteiger partial charge in [-0.25, -0.2) is 0 Å². The van der Waals surface area contributed by atoms with Crippen molar-refractivity contribution < 1.29 is 9.47 Å². The van der Waals surface area contributed by atoms with Crippen LogP contribution >= 0.6 is 0 Å². The van der Waals surface area contributed by atoms with E-state index in [9.17, 15) is 0 Å². The van der Waals surface area contributed by atoms with Gasteiger partial charge in [0.2, 0.25) is 0 Å². The minimum absolute atomic E-state index is 0.0221. The molecule has 2 N–H and O–H groups in total. The van der Waals surface area contributed by atoms with E-state index < -0.39 is 0 Å². The molecule has 0 heterocycles. The molecule has 0 aliphatic rings. The fourth-order valence-electron chi connectivity index (χ4n) is 1.37. The molecule has 1 unspecified atom stereocenters. The van der Waals surface area contributed by atoms with Gasteiger partial charge < -0.3 is 15.2 Å². The van der Waals surface area contributed by atoms with Crippen LogP contribution in [0.4, 0.5) is 0 Å². The smallest absolute Gasteiger partial charge is 0.123 e. The van der Waals surface area contributed by atoms with E-state index in [1.807, 2.05) is 24.3 Å². The van der Waals surface area contributed by atoms with Gasteiger partial charge in [0.05, 0.1) is 7.11 Å². The van der Waals surface area contributed by atoms with Crippen molar-refractivity contribution in [2.75, 3.05) is 20.8 Å². The zero-order chi connectivity index (χ0) is 10.4. The highest BCUT2D eigenvalue weighted by molar-refractivity contribution is 5.35. The Morgan fingerprint density at radius 1 is 1.29 bits per heavy atom. The Hall–Kier alpha value is -1.06. The summed E-state index contributed by atoms with van der Waals surface area (Å²) in [5.74, 6) is 0.844. The van der Waals surface area contributed by atoms with Gasteiger partial charge >= 0.3 is 0 Å². The van der Waals surface area contributed by atoms with Crippen LogP contribution in [0.15, 0.2) is 24.3 Å². The lowest BCUT2D eigenvalue weighted by molar-refractivity contribution is 0.187. The first kappa shape index (κ1) is 11.0. The van der Waals surface area contributed by atoms with Gasteiger partial charge in [0.15, 0.2) is 0 Å². The van der Waals surface area contributed by atoms with Crippen LogP contribution in [-0.2, 0) is 4.74 Å². The van der Waals surface area contributed by atoms with Crippen LogP contribution in [-0.4, -0.2) is 20.8 Å². The van der Waals surface area contributed by atoms with Crippen LogP contribution in [0.25, 0.3) is 0 Å². The molecule has 0 bridgehead atoms. The first-order valence-corrected chi connectivity index (χ1v) is 4.67. The summed E-state index contributed by atoms with van der Waals surface area (Å²) in [6, 6.07) is 7.78. The van der Waals surface area contributed by atoms with E-state index in [4.69, 9.17) is 15.2 Å². The van der Waals surface area contributed by atoms with Crippen LogP contribution in [0.1, 0.15) is 18.0 Å². The summed E-state index contributed by atoms with van der Waals surface area (Å²) in [7, 11) is 3.33. The zero-order valence-corrected chi connectivity index (χ0v) is 8.69. The molecule has 3 nitrogen and oxygen atoms in total. The largest absolute Gasteiger partial charge is 0.496 e. The number of hydrogen-bond acceptors (Lipinski definition) is 3. The highest BCUT2D eigenvalue weighted by Gasteiger charge is 2.10. The highest BCUT2D eigenvalue weighted by atomic mass is 16.5. The van der Waals surface area contributed by atoms with E-state index in [1.165, 1.54) is 0 Å². The molecule has 0 saturated carbocycles. The molecule has 0 amide bonds. The molecule has 0 saturated heterocycles. The quantitative estimate of drug-likeness (QED) is 0.778. The van der Waals surface area contributed by atoms with Crippen molar-refractivity contribution in [2.45, 2.75) is 12.5 Å². The number of nitrogens with two attached hydrogens (primary N) is 1. The Labute approximate surface area is 84.8 Å². The van der Waals surface area contributed by atoms with Crippen LogP contribution in [0.2, 0.25) is 0 Å². The molecule has 0 aliphatic heterocycles. The van der Waals surface area contributed by atoms with Crippen molar-refractivity contribution in [2.24, 2.45) is 5.73 Å². The van der Waals surface area contributed by atoms with Gasteiger partial charge in [-0.3, -0.25) is 0 Å². The second-order valence-electron chi connectivity index (χ2n) is 3.13.